The number of hydrogen-bond acceptors (Lipinski definition) is 8. The van der Waals surface area contributed by atoms with E-state index in [2.05, 4.69) is 24.5 Å². The van der Waals surface area contributed by atoms with Crippen LogP contribution in [0.4, 0.5) is 18.9 Å². The van der Waals surface area contributed by atoms with Crippen molar-refractivity contribution in [2.75, 3.05) is 31.5 Å². The number of anilines is 1. The van der Waals surface area contributed by atoms with E-state index in [9.17, 15) is 18.3 Å². The third-order valence-electron chi connectivity index (χ3n) is 7.64. The summed E-state index contributed by atoms with van der Waals surface area (Å²) in [7, 11) is 0. The Labute approximate surface area is 217 Å². The lowest BCUT2D eigenvalue weighted by Gasteiger charge is -2.36. The maximum absolute atomic E-state index is 14.5. The molecular weight excluding hydrogens is 503 g/mol. The second-order valence-electron chi connectivity index (χ2n) is 10.2. The molecule has 37 heavy (non-hydrogen) atoms. The minimum Gasteiger partial charge on any atom is -0.390 e. The molecule has 4 heterocycles. The number of alkyl halides is 2. The summed E-state index contributed by atoms with van der Waals surface area (Å²) in [4.78, 5) is 8.75. The number of aliphatic hydroxyl groups excluding tert-OH is 1. The minimum atomic E-state index is -2.57. The molecule has 7 nitrogen and oxygen atoms in total. The van der Waals surface area contributed by atoms with Crippen molar-refractivity contribution in [1.29, 1.82) is 0 Å². The Morgan fingerprint density at radius 2 is 2.08 bits per heavy atom. The molecule has 3 aromatic rings. The Morgan fingerprint density at radius 3 is 2.78 bits per heavy atom. The number of nitrogens with zero attached hydrogens (tertiary/aromatic N) is 4. The molecule has 3 fully saturated rings. The summed E-state index contributed by atoms with van der Waals surface area (Å²) in [6, 6.07) is 10.0. The summed E-state index contributed by atoms with van der Waals surface area (Å²) in [5, 5.41) is 13.8. The molecule has 1 aromatic heterocycles. The number of rotatable bonds is 8. The van der Waals surface area contributed by atoms with E-state index in [1.807, 2.05) is 6.07 Å². The average Bonchev–Trinajstić information content (AvgIpc) is 3.23. The molecule has 3 atom stereocenters. The van der Waals surface area contributed by atoms with Gasteiger partial charge in [0, 0.05) is 44.0 Å². The summed E-state index contributed by atoms with van der Waals surface area (Å²) >= 11 is 1.32. The number of aryl methyl sites for hydroxylation is 1. The number of epoxide rings is 1. The van der Waals surface area contributed by atoms with E-state index in [1.165, 1.54) is 30.0 Å². The quantitative estimate of drug-likeness (QED) is 0.427. The molecule has 0 amide bonds. The molecule has 3 aliphatic rings. The van der Waals surface area contributed by atoms with Crippen LogP contribution in [-0.4, -0.2) is 69.0 Å². The van der Waals surface area contributed by atoms with Gasteiger partial charge in [-0.2, -0.15) is 4.37 Å². The van der Waals surface area contributed by atoms with Crippen molar-refractivity contribution in [3.8, 4) is 0 Å². The van der Waals surface area contributed by atoms with Gasteiger partial charge in [-0.15, -0.1) is 0 Å². The predicted molar refractivity (Wildman–Crippen MR) is 133 cm³/mol. The van der Waals surface area contributed by atoms with Gasteiger partial charge in [-0.3, -0.25) is 9.80 Å². The maximum atomic E-state index is 14.5. The van der Waals surface area contributed by atoms with Crippen LogP contribution in [0.1, 0.15) is 40.1 Å². The Balaban J connectivity index is 1.20. The fraction of sp³-hybridized carbons (Fsp3) is 0.462. The van der Waals surface area contributed by atoms with E-state index in [4.69, 9.17) is 4.74 Å². The van der Waals surface area contributed by atoms with Crippen LogP contribution in [-0.2, 0) is 16.7 Å². The van der Waals surface area contributed by atoms with Crippen molar-refractivity contribution in [3.63, 3.8) is 0 Å². The van der Waals surface area contributed by atoms with Crippen LogP contribution in [0.25, 0.3) is 0 Å². The smallest absolute Gasteiger partial charge is 0.263 e. The van der Waals surface area contributed by atoms with E-state index >= 15 is 0 Å². The summed E-state index contributed by atoms with van der Waals surface area (Å²) in [6.45, 7) is 4.74. The van der Waals surface area contributed by atoms with Crippen LogP contribution in [0.2, 0.25) is 0 Å². The molecule has 2 N–H and O–H groups in total. The molecular formula is C26H28F3N5O2S. The topological polar surface area (TPSA) is 77.1 Å². The molecule has 196 valence electrons. The Morgan fingerprint density at radius 1 is 1.24 bits per heavy atom. The zero-order chi connectivity index (χ0) is 25.7. The minimum absolute atomic E-state index is 0.0510. The second kappa shape index (κ2) is 9.63. The van der Waals surface area contributed by atoms with Crippen molar-refractivity contribution in [1.82, 2.24) is 19.2 Å². The number of benzene rings is 2. The molecule has 0 radical (unpaired) electrons. The van der Waals surface area contributed by atoms with Gasteiger partial charge in [0.1, 0.15) is 17.2 Å². The maximum Gasteiger partial charge on any atom is 0.263 e. The Hall–Kier alpha value is -2.57. The summed E-state index contributed by atoms with van der Waals surface area (Å²) in [5.74, 6) is -0.247. The van der Waals surface area contributed by atoms with Gasteiger partial charge in [-0.1, -0.05) is 24.3 Å². The lowest BCUT2D eigenvalue weighted by Crippen LogP contribution is -2.49. The number of aliphatic hydroxyl groups is 1. The Bertz CT molecular complexity index is 1270. The number of hydrogen-bond donors (Lipinski definition) is 2. The van der Waals surface area contributed by atoms with Gasteiger partial charge in [-0.25, -0.2) is 18.2 Å². The van der Waals surface area contributed by atoms with E-state index < -0.39 is 11.8 Å². The molecule has 2 aromatic carbocycles. The van der Waals surface area contributed by atoms with Gasteiger partial charge in [0.15, 0.2) is 12.5 Å². The van der Waals surface area contributed by atoms with Crippen molar-refractivity contribution in [3.05, 3.63) is 75.8 Å². The first-order valence-corrected chi connectivity index (χ1v) is 13.1. The van der Waals surface area contributed by atoms with E-state index in [1.54, 1.807) is 25.1 Å². The lowest BCUT2D eigenvalue weighted by atomic mass is 9.80. The summed E-state index contributed by atoms with van der Waals surface area (Å²) < 4.78 is 51.6. The molecule has 3 aliphatic heterocycles. The average molecular weight is 532 g/mol. The van der Waals surface area contributed by atoms with Crippen LogP contribution < -0.4 is 5.32 Å². The molecule has 6 rings (SSSR count). The number of β-amino-alcohol motifs (C(OH)–C–C–N with tert-alkyl or cyclic N) is 1. The number of nitrogens with one attached hydrogen (secondary N) is 1. The molecule has 0 spiro atoms. The van der Waals surface area contributed by atoms with Crippen LogP contribution in [0.3, 0.4) is 0 Å². The molecule has 11 heteroatoms. The highest BCUT2D eigenvalue weighted by Crippen LogP contribution is 2.45. The van der Waals surface area contributed by atoms with Gasteiger partial charge in [0.2, 0.25) is 0 Å². The lowest BCUT2D eigenvalue weighted by molar-refractivity contribution is -0.00277. The van der Waals surface area contributed by atoms with E-state index in [0.717, 1.165) is 22.6 Å². The first kappa shape index (κ1) is 24.7. The summed E-state index contributed by atoms with van der Waals surface area (Å²) in [6.07, 6.45) is -1.23. The molecule has 0 aliphatic carbocycles. The largest absolute Gasteiger partial charge is 0.390 e. The number of halogens is 3. The highest BCUT2D eigenvalue weighted by atomic mass is 32.1. The molecule has 0 saturated carbocycles. The predicted octanol–water partition coefficient (Wildman–Crippen LogP) is 3.89. The van der Waals surface area contributed by atoms with Crippen LogP contribution in [0, 0.1) is 12.7 Å². The van der Waals surface area contributed by atoms with E-state index in [0.29, 0.717) is 44.0 Å². The fourth-order valence-corrected chi connectivity index (χ4v) is 6.17. The second-order valence-corrected chi connectivity index (χ2v) is 10.9. The zero-order valence-electron chi connectivity index (χ0n) is 20.3. The number of aromatic nitrogens is 2. The molecule has 3 unspecified atom stereocenters. The third kappa shape index (κ3) is 4.74. The highest BCUT2D eigenvalue weighted by Gasteiger charge is 2.52. The normalized spacial score (nSPS) is 26.5. The standard InChI is InChI=1S/C26H28F3N5O2S/c1-15-2-5-18(9-20(15)27)26(25-30-14-31-37-25)6-7-34(13-26)24-23(36-24)32-21-8-16(22(28)29)3-4-17(21)10-33-11-19(35)12-33/h2-5,8-9,14,19,22-24,32,35H,6-7,10-13H2,1H3. The van der Waals surface area contributed by atoms with E-state index in [-0.39, 0.29) is 29.9 Å². The Kier molecular flexibility index (Phi) is 6.44. The SMILES string of the molecule is Cc1ccc(C2(c3ncns3)CCN(C3OC3Nc3cc(C(F)F)ccc3CN3CC(O)C3)C2)cc1F. The monoisotopic (exact) mass is 531 g/mol. The third-order valence-corrected chi connectivity index (χ3v) is 8.51. The van der Waals surface area contributed by atoms with Gasteiger partial charge < -0.3 is 15.2 Å². The number of ether oxygens (including phenoxy) is 1. The van der Waals surface area contributed by atoms with Gasteiger partial charge in [0.05, 0.1) is 11.5 Å². The van der Waals surface area contributed by atoms with Gasteiger partial charge in [-0.05, 0) is 53.7 Å². The summed E-state index contributed by atoms with van der Waals surface area (Å²) in [5.41, 5.74) is 2.40. The van der Waals surface area contributed by atoms with Gasteiger partial charge >= 0.3 is 0 Å². The van der Waals surface area contributed by atoms with Crippen LogP contribution >= 0.6 is 11.5 Å². The first-order chi connectivity index (χ1) is 17.8. The first-order valence-electron chi connectivity index (χ1n) is 12.3. The highest BCUT2D eigenvalue weighted by molar-refractivity contribution is 7.05. The van der Waals surface area contributed by atoms with Crippen LogP contribution in [0.5, 0.6) is 0 Å². The fourth-order valence-electron chi connectivity index (χ4n) is 5.42. The van der Waals surface area contributed by atoms with Crippen molar-refractivity contribution < 1.29 is 23.0 Å². The van der Waals surface area contributed by atoms with Crippen molar-refractivity contribution in [2.45, 2.75) is 50.3 Å². The van der Waals surface area contributed by atoms with Crippen molar-refractivity contribution in [2.24, 2.45) is 0 Å². The molecule has 3 saturated heterocycles. The molecule has 0 bridgehead atoms. The van der Waals surface area contributed by atoms with Gasteiger partial charge in [0.25, 0.3) is 6.43 Å². The van der Waals surface area contributed by atoms with Crippen LogP contribution in [0.15, 0.2) is 42.7 Å². The zero-order valence-corrected chi connectivity index (χ0v) is 21.1. The van der Waals surface area contributed by atoms with Crippen molar-refractivity contribution >= 4 is 17.2 Å². The number of likely N-dealkylation sites (tertiary alicyclic amines) is 2.